The number of anilines is 2. The quantitative estimate of drug-likeness (QED) is 0.108. The third-order valence-electron chi connectivity index (χ3n) is 16.8. The number of rotatable bonds is 13. The van der Waals surface area contributed by atoms with Crippen LogP contribution in [0, 0.1) is 18.8 Å². The molecule has 0 N–H and O–H groups in total. The van der Waals surface area contributed by atoms with Crippen molar-refractivity contribution in [2.45, 2.75) is 130 Å². The van der Waals surface area contributed by atoms with Crippen LogP contribution in [0.4, 0.5) is 11.4 Å². The van der Waals surface area contributed by atoms with Gasteiger partial charge in [0.25, 0.3) is 0 Å². The van der Waals surface area contributed by atoms with Gasteiger partial charge in [0.15, 0.2) is 0 Å². The first-order valence-corrected chi connectivity index (χ1v) is 28.9. The van der Waals surface area contributed by atoms with Crippen molar-refractivity contribution < 1.29 is 25.8 Å². The Balaban J connectivity index is 0.00000753. The average Bonchev–Trinajstić information content (AvgIpc) is 4.21. The first kappa shape index (κ1) is 57.8. The van der Waals surface area contributed by atoms with Crippen molar-refractivity contribution in [3.63, 3.8) is 0 Å². The van der Waals surface area contributed by atoms with Crippen LogP contribution < -0.4 is 14.5 Å². The van der Waals surface area contributed by atoms with Gasteiger partial charge in [-0.15, -0.1) is 53.6 Å². The van der Waals surface area contributed by atoms with E-state index in [-0.39, 0.29) is 54.6 Å². The van der Waals surface area contributed by atoms with E-state index in [0.29, 0.717) is 11.5 Å². The van der Waals surface area contributed by atoms with E-state index in [1.165, 1.54) is 50.1 Å². The molecular weight excluding hydrogens is 1180 g/mol. The van der Waals surface area contributed by atoms with Gasteiger partial charge >= 0.3 is 0 Å². The summed E-state index contributed by atoms with van der Waals surface area (Å²) >= 11 is 0. The van der Waals surface area contributed by atoms with Crippen LogP contribution in [0.3, 0.4) is 0 Å². The van der Waals surface area contributed by atoms with Crippen molar-refractivity contribution in [1.82, 2.24) is 9.55 Å². The molecule has 0 spiro atoms. The molecule has 0 saturated carbocycles. The van der Waals surface area contributed by atoms with Gasteiger partial charge in [-0.25, -0.2) is 4.98 Å². The molecule has 82 heavy (non-hydrogen) atoms. The van der Waals surface area contributed by atoms with Crippen molar-refractivity contribution in [1.29, 1.82) is 0 Å². The van der Waals surface area contributed by atoms with Crippen LogP contribution in [0.1, 0.15) is 159 Å². The summed E-state index contributed by atoms with van der Waals surface area (Å²) in [6.45, 7) is 34.4. The summed E-state index contributed by atoms with van der Waals surface area (Å²) in [6, 6.07) is 73.8. The first-order valence-electron chi connectivity index (χ1n) is 28.9. The standard InChI is InChI=1S/C76H77N4O.Pt/c1-50(2)64-31-24-32-65(51(3)4)72(64)53-39-60(78-48-70(52-25-18-15-19-26-52)79(49-78)61-42-58(73(5,6)7)41-59(43-61)74(8,9)10)46-63(40-53)81-62-34-35-66-67-44-56(75(11,12)54-27-20-16-21-28-54)33-36-68(67)80(69(66)47-62)71-45-57(37-38-77-71)76(13,14)55-29-22-17-23-30-55;/h15-45,48-51H,1-14H3;/q-3;. The van der Waals surface area contributed by atoms with Crippen molar-refractivity contribution >= 4 is 38.9 Å². The fourth-order valence-electron chi connectivity index (χ4n) is 11.6. The summed E-state index contributed by atoms with van der Waals surface area (Å²) < 4.78 is 9.49. The normalized spacial score (nSPS) is 13.3. The van der Waals surface area contributed by atoms with Gasteiger partial charge in [-0.05, 0) is 120 Å². The van der Waals surface area contributed by atoms with Crippen molar-refractivity contribution in [2.24, 2.45) is 0 Å². The number of aromatic nitrogens is 2. The zero-order valence-corrected chi connectivity index (χ0v) is 52.5. The smallest absolute Gasteiger partial charge is 0.135 e. The van der Waals surface area contributed by atoms with E-state index in [2.05, 4.69) is 318 Å². The van der Waals surface area contributed by atoms with Gasteiger partial charge in [-0.3, -0.25) is 0 Å². The van der Waals surface area contributed by atoms with Crippen molar-refractivity contribution in [3.8, 4) is 28.4 Å². The molecule has 1 aliphatic rings. The summed E-state index contributed by atoms with van der Waals surface area (Å²) in [5, 5.41) is 2.20. The molecule has 0 atom stereocenters. The largest absolute Gasteiger partial charge is 0.509 e. The molecule has 0 aliphatic carbocycles. The molecule has 0 radical (unpaired) electrons. The number of hydrogen-bond acceptors (Lipinski definition) is 4. The second kappa shape index (κ2) is 22.4. The van der Waals surface area contributed by atoms with Crippen LogP contribution in [-0.2, 0) is 42.7 Å². The van der Waals surface area contributed by atoms with E-state index in [9.17, 15) is 0 Å². The van der Waals surface area contributed by atoms with E-state index >= 15 is 0 Å². The maximum Gasteiger partial charge on any atom is 0.135 e. The molecule has 2 aromatic heterocycles. The molecule has 5 nitrogen and oxygen atoms in total. The molecular formula is C76H77N4OPt-3. The second-order valence-electron chi connectivity index (χ2n) is 25.9. The van der Waals surface area contributed by atoms with Crippen LogP contribution in [0.15, 0.2) is 194 Å². The minimum absolute atomic E-state index is 0. The van der Waals surface area contributed by atoms with Crippen LogP contribution in [0.25, 0.3) is 44.4 Å². The molecule has 0 amide bonds. The van der Waals surface area contributed by atoms with E-state index < -0.39 is 0 Å². The van der Waals surface area contributed by atoms with Crippen molar-refractivity contribution in [3.05, 3.63) is 263 Å². The molecule has 0 fully saturated rings. The zero-order chi connectivity index (χ0) is 57.2. The maximum atomic E-state index is 7.22. The van der Waals surface area contributed by atoms with Gasteiger partial charge in [0.2, 0.25) is 0 Å². The Hall–Kier alpha value is -7.46. The van der Waals surface area contributed by atoms with E-state index in [1.807, 2.05) is 6.20 Å². The van der Waals surface area contributed by atoms with E-state index in [1.54, 1.807) is 0 Å². The van der Waals surface area contributed by atoms with Crippen LogP contribution in [-0.4, -0.2) is 9.55 Å². The summed E-state index contributed by atoms with van der Waals surface area (Å²) in [7, 11) is 0. The fourth-order valence-corrected chi connectivity index (χ4v) is 11.6. The Morgan fingerprint density at radius 1 is 0.488 bits per heavy atom. The second-order valence-corrected chi connectivity index (χ2v) is 25.9. The SMILES string of the molecule is CC(C)c1cccc(C(C)C)c1-c1cc(Oc2[c-]c3c(cc2)c2cc(C(C)(C)c4ccccc4)ccc2n3-c2cc(C(C)(C)c3ccccc3)ccn2)[c-]c(N2C=C(c3ccccc3)N(c3cc(C(C)(C)C)cc(C(C)(C)C)c3)[CH-]2)c1.[Pt]. The van der Waals surface area contributed by atoms with Crippen LogP contribution >= 0.6 is 0 Å². The predicted molar refractivity (Wildman–Crippen MR) is 341 cm³/mol. The molecule has 0 bridgehead atoms. The van der Waals surface area contributed by atoms with Crippen LogP contribution in [0.5, 0.6) is 11.5 Å². The molecule has 420 valence electrons. The summed E-state index contributed by atoms with van der Waals surface area (Å²) in [6.07, 6.45) is 4.19. The van der Waals surface area contributed by atoms with Crippen molar-refractivity contribution in [2.75, 3.05) is 9.80 Å². The molecule has 11 rings (SSSR count). The molecule has 10 aromatic rings. The number of hydrogen-bond donors (Lipinski definition) is 0. The molecule has 1 aliphatic heterocycles. The minimum Gasteiger partial charge on any atom is -0.509 e. The monoisotopic (exact) mass is 1260 g/mol. The molecule has 0 unspecified atom stereocenters. The minimum atomic E-state index is -0.280. The molecule has 3 heterocycles. The summed E-state index contributed by atoms with van der Waals surface area (Å²) in [4.78, 5) is 9.70. The Bertz CT molecular complexity index is 3910. The van der Waals surface area contributed by atoms with Gasteiger partial charge in [-0.1, -0.05) is 230 Å². The van der Waals surface area contributed by atoms with Crippen LogP contribution in [0.2, 0.25) is 0 Å². The van der Waals surface area contributed by atoms with Gasteiger partial charge < -0.3 is 19.1 Å². The Morgan fingerprint density at radius 2 is 1.06 bits per heavy atom. The number of fused-ring (bicyclic) bond motifs is 3. The van der Waals surface area contributed by atoms with Gasteiger partial charge in [0.05, 0.1) is 0 Å². The Kier molecular flexibility index (Phi) is 15.8. The summed E-state index contributed by atoms with van der Waals surface area (Å²) in [5.74, 6) is 2.56. The average molecular weight is 1260 g/mol. The van der Waals surface area contributed by atoms with E-state index in [0.717, 1.165) is 55.8 Å². The first-order chi connectivity index (χ1) is 38.6. The third kappa shape index (κ3) is 11.1. The third-order valence-corrected chi connectivity index (χ3v) is 16.8. The number of nitrogens with zero attached hydrogens (tertiary/aromatic N) is 4. The molecule has 8 aromatic carbocycles. The van der Waals surface area contributed by atoms with Gasteiger partial charge in [0, 0.05) is 66.5 Å². The predicted octanol–water partition coefficient (Wildman–Crippen LogP) is 20.2. The Labute approximate surface area is 503 Å². The zero-order valence-electron chi connectivity index (χ0n) is 50.2. The number of pyridine rings is 1. The molecule has 0 saturated heterocycles. The molecule has 6 heteroatoms. The fraction of sp³-hybridized carbons (Fsp3) is 0.263. The topological polar surface area (TPSA) is 33.5 Å². The Morgan fingerprint density at radius 3 is 1.63 bits per heavy atom. The maximum absolute atomic E-state index is 7.22. The van der Waals surface area contributed by atoms with E-state index in [4.69, 9.17) is 9.72 Å². The number of ether oxygens (including phenoxy) is 1. The number of benzene rings is 8. The van der Waals surface area contributed by atoms with Gasteiger partial charge in [-0.2, -0.15) is 6.07 Å². The van der Waals surface area contributed by atoms with Gasteiger partial charge in [0.1, 0.15) is 5.82 Å². The summed E-state index contributed by atoms with van der Waals surface area (Å²) in [5.41, 5.74) is 17.8.